The second-order valence-corrected chi connectivity index (χ2v) is 7.66. The molecule has 0 aliphatic rings. The van der Waals surface area contributed by atoms with E-state index in [1.165, 1.54) is 0 Å². The molecule has 0 fully saturated rings. The van der Waals surface area contributed by atoms with Gasteiger partial charge in [0.2, 0.25) is 0 Å². The van der Waals surface area contributed by atoms with Gasteiger partial charge in [-0.2, -0.15) is 0 Å². The molecule has 6 heteroatoms. The first kappa shape index (κ1) is 21.6. The molecule has 164 valence electrons. The van der Waals surface area contributed by atoms with E-state index >= 15 is 0 Å². The van der Waals surface area contributed by atoms with Crippen molar-refractivity contribution >= 4 is 44.8 Å². The minimum atomic E-state index is -0.524. The number of benzene rings is 3. The Morgan fingerprint density at radius 3 is 2.25 bits per heavy atom. The summed E-state index contributed by atoms with van der Waals surface area (Å²) in [5.74, 6) is -0.837. The number of nitrogen functional groups attached to an aromatic ring is 1. The molecule has 0 aliphatic heterocycles. The van der Waals surface area contributed by atoms with Crippen LogP contribution < -0.4 is 11.1 Å². The molecule has 0 radical (unpaired) electrons. The molecule has 4 N–H and O–H groups in total. The number of hydrogen-bond donors (Lipinski definition) is 3. The number of para-hydroxylation sites is 2. The minimum absolute atomic E-state index is 0.160. The van der Waals surface area contributed by atoms with Crippen molar-refractivity contribution in [1.29, 1.82) is 0 Å². The number of anilines is 3. The van der Waals surface area contributed by atoms with Crippen molar-refractivity contribution in [2.45, 2.75) is 32.8 Å². The van der Waals surface area contributed by atoms with Gasteiger partial charge in [-0.1, -0.05) is 43.3 Å². The summed E-state index contributed by atoms with van der Waals surface area (Å²) in [4.78, 5) is 17.5. The highest BCUT2D eigenvalue weighted by molar-refractivity contribution is 6.09. The van der Waals surface area contributed by atoms with Gasteiger partial charge in [0.25, 0.3) is 0 Å². The number of nitrogens with two attached hydrogens (primary N) is 1. The summed E-state index contributed by atoms with van der Waals surface area (Å²) < 4.78 is 5.32. The van der Waals surface area contributed by atoms with Crippen molar-refractivity contribution in [2.75, 3.05) is 17.7 Å². The Labute approximate surface area is 187 Å². The molecule has 32 heavy (non-hydrogen) atoms. The summed E-state index contributed by atoms with van der Waals surface area (Å²) in [6.45, 7) is 3.86. The average molecular weight is 430 g/mol. The predicted octanol–water partition coefficient (Wildman–Crippen LogP) is 5.26. The minimum Gasteiger partial charge on any atom is -0.466 e. The van der Waals surface area contributed by atoms with Crippen LogP contribution in [0.1, 0.15) is 37.3 Å². The summed E-state index contributed by atoms with van der Waals surface area (Å²) in [5, 5.41) is 15.2. The van der Waals surface area contributed by atoms with Crippen molar-refractivity contribution in [2.24, 2.45) is 0 Å². The molecule has 0 saturated heterocycles. The van der Waals surface area contributed by atoms with Gasteiger partial charge in [-0.15, -0.1) is 0 Å². The summed E-state index contributed by atoms with van der Waals surface area (Å²) in [5.41, 5.74) is 11.5. The number of aliphatic hydroxyl groups is 1. The molecule has 0 aliphatic carbocycles. The van der Waals surface area contributed by atoms with Gasteiger partial charge < -0.3 is 20.9 Å². The van der Waals surface area contributed by atoms with Crippen LogP contribution in [0.25, 0.3) is 21.8 Å². The number of aromatic nitrogens is 1. The van der Waals surface area contributed by atoms with E-state index in [1.54, 1.807) is 13.0 Å². The monoisotopic (exact) mass is 429 g/mol. The number of ether oxygens (including phenoxy) is 1. The third-order valence-corrected chi connectivity index (χ3v) is 5.63. The highest BCUT2D eigenvalue weighted by atomic mass is 16.5. The molecule has 4 rings (SSSR count). The SMILES string of the molecule is CCOC(=O)C(CC)c1c(N)cc(CO)cc1Nc1c2ccccc2nc2ccccc12. The standard InChI is InChI=1S/C26H27N3O3/c1-3-17(26(31)32-4-2)24-20(27)13-16(15-30)14-23(24)29-25-18-9-5-7-11-21(18)28-22-12-8-6-10-19(22)25/h5-14,17,30H,3-4,15,27H2,1-2H3,(H,28,29). The zero-order chi connectivity index (χ0) is 22.7. The number of rotatable bonds is 7. The Kier molecular flexibility index (Phi) is 6.23. The smallest absolute Gasteiger partial charge is 0.313 e. The van der Waals surface area contributed by atoms with Crippen molar-refractivity contribution in [1.82, 2.24) is 4.98 Å². The van der Waals surface area contributed by atoms with Crippen LogP contribution >= 0.6 is 0 Å². The number of fused-ring (bicyclic) bond motifs is 2. The van der Waals surface area contributed by atoms with E-state index in [-0.39, 0.29) is 12.6 Å². The molecule has 1 aromatic heterocycles. The number of nitrogens with one attached hydrogen (secondary N) is 1. The number of esters is 1. The molecular formula is C26H27N3O3. The van der Waals surface area contributed by atoms with Crippen molar-refractivity contribution in [3.63, 3.8) is 0 Å². The summed E-state index contributed by atoms with van der Waals surface area (Å²) in [6, 6.07) is 19.4. The van der Waals surface area contributed by atoms with Crippen molar-refractivity contribution in [3.8, 4) is 0 Å². The van der Waals surface area contributed by atoms with E-state index in [9.17, 15) is 9.90 Å². The molecule has 1 heterocycles. The molecule has 1 unspecified atom stereocenters. The van der Waals surface area contributed by atoms with Gasteiger partial charge in [0.05, 0.1) is 35.9 Å². The van der Waals surface area contributed by atoms with E-state index in [4.69, 9.17) is 15.5 Å². The Balaban J connectivity index is 1.95. The Morgan fingerprint density at radius 2 is 1.69 bits per heavy atom. The molecule has 0 amide bonds. The highest BCUT2D eigenvalue weighted by Crippen LogP contribution is 2.39. The average Bonchev–Trinajstić information content (AvgIpc) is 2.80. The third-order valence-electron chi connectivity index (χ3n) is 5.63. The van der Waals surface area contributed by atoms with Crippen molar-refractivity contribution in [3.05, 3.63) is 71.8 Å². The number of aliphatic hydroxyl groups excluding tert-OH is 1. The number of nitrogens with zero attached hydrogens (tertiary/aromatic N) is 1. The van der Waals surface area contributed by atoms with Crippen LogP contribution in [-0.4, -0.2) is 22.7 Å². The lowest BCUT2D eigenvalue weighted by molar-refractivity contribution is -0.145. The van der Waals surface area contributed by atoms with Gasteiger partial charge in [-0.3, -0.25) is 4.79 Å². The van der Waals surface area contributed by atoms with E-state index in [1.807, 2.05) is 61.5 Å². The first-order chi connectivity index (χ1) is 15.6. The molecule has 6 nitrogen and oxygen atoms in total. The Bertz CT molecular complexity index is 1230. The second-order valence-electron chi connectivity index (χ2n) is 7.66. The van der Waals surface area contributed by atoms with Gasteiger partial charge in [0.1, 0.15) is 0 Å². The lowest BCUT2D eigenvalue weighted by Gasteiger charge is -2.23. The Hall–Kier alpha value is -3.64. The number of hydrogen-bond acceptors (Lipinski definition) is 6. The van der Waals surface area contributed by atoms with E-state index in [2.05, 4.69) is 5.32 Å². The number of pyridine rings is 1. The van der Waals surface area contributed by atoms with Crippen LogP contribution in [0, 0.1) is 0 Å². The van der Waals surface area contributed by atoms with Gasteiger partial charge in [0.15, 0.2) is 0 Å². The summed E-state index contributed by atoms with van der Waals surface area (Å²) >= 11 is 0. The molecule has 3 aromatic carbocycles. The van der Waals surface area contributed by atoms with Gasteiger partial charge in [0, 0.05) is 27.7 Å². The van der Waals surface area contributed by atoms with Crippen LogP contribution in [0.2, 0.25) is 0 Å². The maximum atomic E-state index is 12.7. The zero-order valence-corrected chi connectivity index (χ0v) is 18.3. The quantitative estimate of drug-likeness (QED) is 0.211. The normalized spacial score (nSPS) is 12.1. The molecular weight excluding hydrogens is 402 g/mol. The van der Waals surface area contributed by atoms with Crippen LogP contribution in [0.15, 0.2) is 60.7 Å². The third kappa shape index (κ3) is 3.97. The number of carbonyl (C=O) groups is 1. The van der Waals surface area contributed by atoms with E-state index in [0.717, 1.165) is 27.5 Å². The molecule has 4 aromatic rings. The maximum absolute atomic E-state index is 12.7. The van der Waals surface area contributed by atoms with Gasteiger partial charge in [-0.25, -0.2) is 4.98 Å². The maximum Gasteiger partial charge on any atom is 0.313 e. The fourth-order valence-corrected chi connectivity index (χ4v) is 4.16. The molecule has 0 saturated carbocycles. The highest BCUT2D eigenvalue weighted by Gasteiger charge is 2.26. The molecule has 1 atom stereocenters. The van der Waals surface area contributed by atoms with Crippen LogP contribution in [0.5, 0.6) is 0 Å². The van der Waals surface area contributed by atoms with Gasteiger partial charge in [-0.05, 0) is 43.2 Å². The summed E-state index contributed by atoms with van der Waals surface area (Å²) in [7, 11) is 0. The molecule has 0 bridgehead atoms. The van der Waals surface area contributed by atoms with Crippen LogP contribution in [0.3, 0.4) is 0 Å². The second kappa shape index (κ2) is 9.24. The van der Waals surface area contributed by atoms with Crippen molar-refractivity contribution < 1.29 is 14.6 Å². The van der Waals surface area contributed by atoms with Crippen LogP contribution in [-0.2, 0) is 16.1 Å². The summed E-state index contributed by atoms with van der Waals surface area (Å²) in [6.07, 6.45) is 0.536. The fourth-order valence-electron chi connectivity index (χ4n) is 4.16. The predicted molar refractivity (Wildman–Crippen MR) is 129 cm³/mol. The zero-order valence-electron chi connectivity index (χ0n) is 18.3. The first-order valence-electron chi connectivity index (χ1n) is 10.8. The lowest BCUT2D eigenvalue weighted by atomic mass is 9.91. The number of carbonyl (C=O) groups excluding carboxylic acids is 1. The fraction of sp³-hybridized carbons (Fsp3) is 0.231. The lowest BCUT2D eigenvalue weighted by Crippen LogP contribution is -2.18. The van der Waals surface area contributed by atoms with E-state index in [0.29, 0.717) is 35.5 Å². The molecule has 0 spiro atoms. The largest absolute Gasteiger partial charge is 0.466 e. The van der Waals surface area contributed by atoms with Crippen LogP contribution in [0.4, 0.5) is 17.1 Å². The first-order valence-corrected chi connectivity index (χ1v) is 10.8. The van der Waals surface area contributed by atoms with E-state index < -0.39 is 5.92 Å². The van der Waals surface area contributed by atoms with Gasteiger partial charge >= 0.3 is 5.97 Å². The topological polar surface area (TPSA) is 97.5 Å². The Morgan fingerprint density at radius 1 is 1.06 bits per heavy atom.